The fourth-order valence-corrected chi connectivity index (χ4v) is 5.05. The number of carbonyl (C=O) groups excluding carboxylic acids is 1. The van der Waals surface area contributed by atoms with Crippen molar-refractivity contribution in [3.63, 3.8) is 0 Å². The molecule has 1 unspecified atom stereocenters. The quantitative estimate of drug-likeness (QED) is 0.224. The lowest BCUT2D eigenvalue weighted by Gasteiger charge is -2.17. The number of aromatic nitrogens is 2. The normalized spacial score (nSPS) is 15.6. The second-order valence-corrected chi connectivity index (χ2v) is 9.46. The molecule has 38 heavy (non-hydrogen) atoms. The molecule has 0 bridgehead atoms. The van der Waals surface area contributed by atoms with Crippen molar-refractivity contribution >= 4 is 28.7 Å². The van der Waals surface area contributed by atoms with Crippen LogP contribution in [0.2, 0.25) is 0 Å². The van der Waals surface area contributed by atoms with Crippen LogP contribution in [0.3, 0.4) is 0 Å². The highest BCUT2D eigenvalue weighted by atomic mass is 19.1. The number of ether oxygens (including phenoxy) is 2. The molecule has 1 aliphatic heterocycles. The minimum atomic E-state index is -0.313. The molecule has 0 aliphatic carbocycles. The molecule has 3 aromatic carbocycles. The fourth-order valence-electron chi connectivity index (χ4n) is 5.05. The number of methoxy groups -OCH3 is 1. The third-order valence-corrected chi connectivity index (χ3v) is 6.89. The van der Waals surface area contributed by atoms with Crippen LogP contribution in [-0.4, -0.2) is 35.7 Å². The van der Waals surface area contributed by atoms with Crippen molar-refractivity contribution in [1.29, 1.82) is 0 Å². The van der Waals surface area contributed by atoms with Crippen LogP contribution in [-0.2, 0) is 11.3 Å². The summed E-state index contributed by atoms with van der Waals surface area (Å²) in [5.41, 5.74) is 3.78. The minimum Gasteiger partial charge on any atom is -0.493 e. The van der Waals surface area contributed by atoms with E-state index in [0.717, 1.165) is 53.3 Å². The van der Waals surface area contributed by atoms with Crippen LogP contribution in [0.15, 0.2) is 72.8 Å². The predicted molar refractivity (Wildman–Crippen MR) is 148 cm³/mol. The summed E-state index contributed by atoms with van der Waals surface area (Å²) in [5, 5.41) is 0. The number of amides is 1. The fraction of sp³-hybridized carbons (Fsp3) is 0.290. The lowest BCUT2D eigenvalue weighted by atomic mass is 10.1. The summed E-state index contributed by atoms with van der Waals surface area (Å²) in [7, 11) is 1.65. The molecule has 7 heteroatoms. The largest absolute Gasteiger partial charge is 0.493 e. The van der Waals surface area contributed by atoms with E-state index in [1.807, 2.05) is 55.5 Å². The van der Waals surface area contributed by atoms with Gasteiger partial charge in [-0.15, -0.1) is 0 Å². The zero-order valence-corrected chi connectivity index (χ0v) is 21.8. The van der Waals surface area contributed by atoms with Gasteiger partial charge < -0.3 is 18.9 Å². The van der Waals surface area contributed by atoms with E-state index in [9.17, 15) is 9.18 Å². The van der Waals surface area contributed by atoms with E-state index in [2.05, 4.69) is 10.6 Å². The third-order valence-electron chi connectivity index (χ3n) is 6.89. The highest BCUT2D eigenvalue weighted by Gasteiger charge is 2.34. The Morgan fingerprint density at radius 2 is 1.87 bits per heavy atom. The SMILES string of the molecule is C/C=C/c1ccc(OCCCCn2c(C3CC(=O)N(c4ccc(F)cc4)C3)nc3ccccc32)c(OC)c1. The molecule has 1 aliphatic rings. The molecule has 0 saturated carbocycles. The number of nitrogens with zero attached hydrogens (tertiary/aromatic N) is 3. The number of para-hydroxylation sites is 2. The van der Waals surface area contributed by atoms with Gasteiger partial charge in [0, 0.05) is 31.1 Å². The molecule has 0 radical (unpaired) electrons. The monoisotopic (exact) mass is 513 g/mol. The summed E-state index contributed by atoms with van der Waals surface area (Å²) in [6.07, 6.45) is 6.15. The highest BCUT2D eigenvalue weighted by molar-refractivity contribution is 5.96. The second-order valence-electron chi connectivity index (χ2n) is 9.46. The first kappa shape index (κ1) is 25.5. The maximum Gasteiger partial charge on any atom is 0.227 e. The molecule has 1 amide bonds. The molecule has 0 N–H and O–H groups in total. The molecular formula is C31H32FN3O3. The van der Waals surface area contributed by atoms with E-state index in [1.54, 1.807) is 24.1 Å². The van der Waals surface area contributed by atoms with Gasteiger partial charge in [0.05, 0.1) is 24.8 Å². The average molecular weight is 514 g/mol. The van der Waals surface area contributed by atoms with Crippen LogP contribution >= 0.6 is 0 Å². The number of benzene rings is 3. The molecule has 2 heterocycles. The number of fused-ring (bicyclic) bond motifs is 1. The van der Waals surface area contributed by atoms with Gasteiger partial charge in [0.2, 0.25) is 5.91 Å². The van der Waals surface area contributed by atoms with Crippen LogP contribution < -0.4 is 14.4 Å². The first-order chi connectivity index (χ1) is 18.6. The van der Waals surface area contributed by atoms with Crippen molar-refractivity contribution in [3.05, 3.63) is 90.0 Å². The first-order valence-electron chi connectivity index (χ1n) is 13.0. The number of carbonyl (C=O) groups is 1. The van der Waals surface area contributed by atoms with Crippen molar-refractivity contribution < 1.29 is 18.7 Å². The maximum atomic E-state index is 13.4. The van der Waals surface area contributed by atoms with Crippen LogP contribution in [0, 0.1) is 5.82 Å². The molecule has 1 saturated heterocycles. The Morgan fingerprint density at radius 1 is 1.05 bits per heavy atom. The van der Waals surface area contributed by atoms with E-state index in [-0.39, 0.29) is 17.6 Å². The summed E-state index contributed by atoms with van der Waals surface area (Å²) in [4.78, 5) is 19.5. The van der Waals surface area contributed by atoms with E-state index in [4.69, 9.17) is 14.5 Å². The van der Waals surface area contributed by atoms with Gasteiger partial charge in [-0.25, -0.2) is 9.37 Å². The Hall–Kier alpha value is -4.13. The molecule has 1 atom stereocenters. The van der Waals surface area contributed by atoms with Gasteiger partial charge in [0.1, 0.15) is 11.6 Å². The molecule has 5 rings (SSSR count). The number of imidazole rings is 1. The summed E-state index contributed by atoms with van der Waals surface area (Å²) >= 11 is 0. The van der Waals surface area contributed by atoms with Crippen molar-refractivity contribution in [2.24, 2.45) is 0 Å². The average Bonchev–Trinajstić information content (AvgIpc) is 3.50. The number of hydrogen-bond acceptors (Lipinski definition) is 4. The maximum absolute atomic E-state index is 13.4. The number of unbranched alkanes of at least 4 members (excludes halogenated alkanes) is 1. The number of aryl methyl sites for hydroxylation is 1. The van der Waals surface area contributed by atoms with Gasteiger partial charge in [-0.3, -0.25) is 4.79 Å². The van der Waals surface area contributed by atoms with Crippen molar-refractivity contribution in [2.75, 3.05) is 25.2 Å². The number of rotatable bonds is 10. The van der Waals surface area contributed by atoms with Crippen molar-refractivity contribution in [1.82, 2.24) is 9.55 Å². The van der Waals surface area contributed by atoms with E-state index in [0.29, 0.717) is 25.3 Å². The Labute approximate surface area is 222 Å². The zero-order chi connectivity index (χ0) is 26.5. The van der Waals surface area contributed by atoms with E-state index >= 15 is 0 Å². The molecule has 1 aromatic heterocycles. The Balaban J connectivity index is 1.26. The van der Waals surface area contributed by atoms with Crippen LogP contribution in [0.4, 0.5) is 10.1 Å². The second kappa shape index (κ2) is 11.5. The van der Waals surface area contributed by atoms with Gasteiger partial charge in [0.25, 0.3) is 0 Å². The predicted octanol–water partition coefficient (Wildman–Crippen LogP) is 6.60. The first-order valence-corrected chi connectivity index (χ1v) is 13.0. The van der Waals surface area contributed by atoms with Gasteiger partial charge in [-0.2, -0.15) is 0 Å². The molecule has 0 spiro atoms. The Bertz CT molecular complexity index is 1440. The third kappa shape index (κ3) is 5.42. The topological polar surface area (TPSA) is 56.6 Å². The number of anilines is 1. The highest BCUT2D eigenvalue weighted by Crippen LogP contribution is 2.34. The van der Waals surface area contributed by atoms with Gasteiger partial charge in [-0.05, 0) is 73.9 Å². The molecular weight excluding hydrogens is 481 g/mol. The Morgan fingerprint density at radius 3 is 2.66 bits per heavy atom. The van der Waals surface area contributed by atoms with Gasteiger partial charge in [-0.1, -0.05) is 30.4 Å². The molecule has 1 fully saturated rings. The van der Waals surface area contributed by atoms with Crippen LogP contribution in [0.5, 0.6) is 11.5 Å². The Kier molecular flexibility index (Phi) is 7.73. The van der Waals surface area contributed by atoms with Crippen molar-refractivity contribution in [3.8, 4) is 11.5 Å². The molecule has 6 nitrogen and oxygen atoms in total. The van der Waals surface area contributed by atoms with Gasteiger partial charge in [0.15, 0.2) is 11.5 Å². The minimum absolute atomic E-state index is 0.0306. The number of halogens is 1. The zero-order valence-electron chi connectivity index (χ0n) is 21.8. The van der Waals surface area contributed by atoms with Crippen LogP contribution in [0.1, 0.15) is 43.5 Å². The number of allylic oxidation sites excluding steroid dienone is 1. The molecule has 196 valence electrons. The summed E-state index contributed by atoms with van der Waals surface area (Å²) < 4.78 is 27.2. The van der Waals surface area contributed by atoms with Crippen molar-refractivity contribution in [2.45, 2.75) is 38.6 Å². The summed E-state index contributed by atoms with van der Waals surface area (Å²) in [6.45, 7) is 3.86. The lowest BCUT2D eigenvalue weighted by Crippen LogP contribution is -2.24. The van der Waals surface area contributed by atoms with E-state index < -0.39 is 0 Å². The standard InChI is InChI=1S/C31H32FN3O3/c1-3-8-22-11-16-28(29(19-22)37-2)38-18-7-6-17-34-27-10-5-4-9-26(27)33-31(34)23-20-30(36)35(21-23)25-14-12-24(32)13-15-25/h3-5,8-16,19,23H,6-7,17-18,20-21H2,1-2H3/b8-3+. The van der Waals surface area contributed by atoms with Gasteiger partial charge >= 0.3 is 0 Å². The smallest absolute Gasteiger partial charge is 0.227 e. The van der Waals surface area contributed by atoms with E-state index in [1.165, 1.54) is 12.1 Å². The summed E-state index contributed by atoms with van der Waals surface area (Å²) in [6, 6.07) is 20.1. The number of hydrogen-bond donors (Lipinski definition) is 0. The lowest BCUT2D eigenvalue weighted by molar-refractivity contribution is -0.117. The molecule has 4 aromatic rings. The van der Waals surface area contributed by atoms with Crippen LogP contribution in [0.25, 0.3) is 17.1 Å². The summed E-state index contributed by atoms with van der Waals surface area (Å²) in [5.74, 6) is 2.07.